The maximum atomic E-state index is 9.12. The van der Waals surface area contributed by atoms with Gasteiger partial charge in [0.15, 0.2) is 0 Å². The number of aromatic nitrogens is 1. The third kappa shape index (κ3) is 3.13. The molecule has 0 aliphatic rings. The van der Waals surface area contributed by atoms with Gasteiger partial charge in [0, 0.05) is 6.20 Å². The number of rotatable bonds is 4. The van der Waals surface area contributed by atoms with Crippen LogP contribution in [-0.2, 0) is 6.42 Å². The van der Waals surface area contributed by atoms with Crippen LogP contribution in [0.25, 0.3) is 0 Å². The molecule has 1 heterocycles. The Hall–Kier alpha value is -1.44. The molecule has 0 aromatic carbocycles. The minimum atomic E-state index is -0.686. The highest BCUT2D eigenvalue weighted by atomic mass is 16.3. The molecule has 1 aromatic heterocycles. The van der Waals surface area contributed by atoms with Crippen LogP contribution in [0.4, 0.5) is 0 Å². The van der Waals surface area contributed by atoms with Gasteiger partial charge in [0.1, 0.15) is 11.8 Å². The van der Waals surface area contributed by atoms with Crippen LogP contribution in [-0.4, -0.2) is 27.9 Å². The maximum Gasteiger partial charge on any atom is 0.140 e. The van der Waals surface area contributed by atoms with Crippen LogP contribution < -0.4 is 0 Å². The topological polar surface area (TPSA) is 77.1 Å². The zero-order chi connectivity index (χ0) is 10.4. The average molecular weight is 192 g/mol. The first-order valence-electron chi connectivity index (χ1n) is 4.40. The molecule has 0 bridgehead atoms. The number of hydrogen-bond acceptors (Lipinski definition) is 4. The van der Waals surface area contributed by atoms with Crippen LogP contribution in [0.1, 0.15) is 17.7 Å². The molecule has 1 aromatic rings. The first-order chi connectivity index (χ1) is 6.76. The third-order valence-electron chi connectivity index (χ3n) is 1.92. The quantitative estimate of drug-likeness (QED) is 0.716. The molecule has 0 amide bonds. The fraction of sp³-hybridized carbons (Fsp3) is 0.400. The molecule has 1 atom stereocenters. The van der Waals surface area contributed by atoms with Crippen molar-refractivity contribution in [3.05, 3.63) is 29.6 Å². The Labute approximate surface area is 82.5 Å². The lowest BCUT2D eigenvalue weighted by Gasteiger charge is -2.06. The van der Waals surface area contributed by atoms with Gasteiger partial charge in [-0.2, -0.15) is 5.26 Å². The van der Waals surface area contributed by atoms with Crippen molar-refractivity contribution in [3.8, 4) is 6.07 Å². The number of aliphatic hydroxyl groups is 2. The van der Waals surface area contributed by atoms with Crippen LogP contribution in [0.2, 0.25) is 0 Å². The number of pyridine rings is 1. The first kappa shape index (κ1) is 10.6. The third-order valence-corrected chi connectivity index (χ3v) is 1.92. The lowest BCUT2D eigenvalue weighted by Crippen LogP contribution is -2.12. The molecule has 4 heteroatoms. The monoisotopic (exact) mass is 192 g/mol. The van der Waals surface area contributed by atoms with Crippen molar-refractivity contribution in [1.82, 2.24) is 4.98 Å². The van der Waals surface area contributed by atoms with Crippen molar-refractivity contribution in [2.24, 2.45) is 0 Å². The van der Waals surface area contributed by atoms with Gasteiger partial charge in [-0.25, -0.2) is 4.98 Å². The minimum Gasteiger partial charge on any atom is -0.394 e. The van der Waals surface area contributed by atoms with Gasteiger partial charge in [-0.3, -0.25) is 0 Å². The Kier molecular flexibility index (Phi) is 4.05. The number of aryl methyl sites for hydroxylation is 1. The number of aliphatic hydroxyl groups excluding tert-OH is 2. The SMILES string of the molecule is N#Cc1cc(CCC(O)CO)ccn1. The Morgan fingerprint density at radius 3 is 3.00 bits per heavy atom. The van der Waals surface area contributed by atoms with E-state index in [-0.39, 0.29) is 6.61 Å². The predicted molar refractivity (Wildman–Crippen MR) is 50.4 cm³/mol. The highest BCUT2D eigenvalue weighted by Crippen LogP contribution is 2.05. The van der Waals surface area contributed by atoms with Gasteiger partial charge >= 0.3 is 0 Å². The van der Waals surface area contributed by atoms with Gasteiger partial charge in [0.2, 0.25) is 0 Å². The lowest BCUT2D eigenvalue weighted by molar-refractivity contribution is 0.0886. The van der Waals surface area contributed by atoms with Crippen molar-refractivity contribution < 1.29 is 10.2 Å². The van der Waals surface area contributed by atoms with E-state index in [2.05, 4.69) is 4.98 Å². The summed E-state index contributed by atoms with van der Waals surface area (Å²) in [5.74, 6) is 0. The second-order valence-corrected chi connectivity index (χ2v) is 3.04. The van der Waals surface area contributed by atoms with Crippen molar-refractivity contribution in [2.75, 3.05) is 6.61 Å². The highest BCUT2D eigenvalue weighted by molar-refractivity contribution is 5.25. The van der Waals surface area contributed by atoms with Crippen LogP contribution in [0.15, 0.2) is 18.3 Å². The summed E-state index contributed by atoms with van der Waals surface area (Å²) in [6.45, 7) is -0.226. The normalized spacial score (nSPS) is 12.1. The maximum absolute atomic E-state index is 9.12. The fourth-order valence-corrected chi connectivity index (χ4v) is 1.12. The van der Waals surface area contributed by atoms with E-state index >= 15 is 0 Å². The number of nitrogens with zero attached hydrogens (tertiary/aromatic N) is 2. The number of hydrogen-bond donors (Lipinski definition) is 2. The molecule has 74 valence electrons. The Balaban J connectivity index is 2.55. The minimum absolute atomic E-state index is 0.226. The van der Waals surface area contributed by atoms with E-state index in [0.29, 0.717) is 18.5 Å². The Bertz CT molecular complexity index is 333. The molecular weight excluding hydrogens is 180 g/mol. The Morgan fingerprint density at radius 1 is 1.57 bits per heavy atom. The van der Waals surface area contributed by atoms with E-state index in [9.17, 15) is 0 Å². The van der Waals surface area contributed by atoms with Crippen molar-refractivity contribution in [1.29, 1.82) is 5.26 Å². The summed E-state index contributed by atoms with van der Waals surface area (Å²) in [5, 5.41) is 26.3. The van der Waals surface area contributed by atoms with E-state index < -0.39 is 6.10 Å². The molecule has 4 nitrogen and oxygen atoms in total. The van der Waals surface area contributed by atoms with Gasteiger partial charge in [-0.05, 0) is 30.5 Å². The van der Waals surface area contributed by atoms with E-state index in [0.717, 1.165) is 5.56 Å². The molecule has 1 rings (SSSR count). The second-order valence-electron chi connectivity index (χ2n) is 3.04. The van der Waals surface area contributed by atoms with Crippen LogP contribution >= 0.6 is 0 Å². The molecule has 0 saturated heterocycles. The molecule has 0 radical (unpaired) electrons. The van der Waals surface area contributed by atoms with Crippen molar-refractivity contribution >= 4 is 0 Å². The summed E-state index contributed by atoms with van der Waals surface area (Å²) in [5.41, 5.74) is 1.32. The smallest absolute Gasteiger partial charge is 0.140 e. The standard InChI is InChI=1S/C10H12N2O2/c11-6-9-5-8(3-4-12-9)1-2-10(14)7-13/h3-5,10,13-14H,1-2,7H2. The molecule has 0 spiro atoms. The predicted octanol–water partition coefficient (Wildman–Crippen LogP) is 0.239. The lowest BCUT2D eigenvalue weighted by atomic mass is 10.1. The summed E-state index contributed by atoms with van der Waals surface area (Å²) in [4.78, 5) is 3.83. The van der Waals surface area contributed by atoms with Crippen LogP contribution in [0.3, 0.4) is 0 Å². The molecule has 0 saturated carbocycles. The summed E-state index contributed by atoms with van der Waals surface area (Å²) in [6, 6.07) is 5.43. The molecule has 14 heavy (non-hydrogen) atoms. The fourth-order valence-electron chi connectivity index (χ4n) is 1.12. The molecule has 0 aliphatic carbocycles. The summed E-state index contributed by atoms with van der Waals surface area (Å²) in [6.07, 6.45) is 2.01. The van der Waals surface area contributed by atoms with Crippen LogP contribution in [0.5, 0.6) is 0 Å². The van der Waals surface area contributed by atoms with E-state index in [4.69, 9.17) is 15.5 Å². The molecule has 0 fully saturated rings. The van der Waals surface area contributed by atoms with E-state index in [1.165, 1.54) is 0 Å². The summed E-state index contributed by atoms with van der Waals surface area (Å²) in [7, 11) is 0. The second kappa shape index (κ2) is 5.32. The van der Waals surface area contributed by atoms with E-state index in [1.807, 2.05) is 6.07 Å². The molecule has 2 N–H and O–H groups in total. The van der Waals surface area contributed by atoms with E-state index in [1.54, 1.807) is 18.3 Å². The van der Waals surface area contributed by atoms with Crippen molar-refractivity contribution in [3.63, 3.8) is 0 Å². The van der Waals surface area contributed by atoms with Gasteiger partial charge in [0.05, 0.1) is 12.7 Å². The Morgan fingerprint density at radius 2 is 2.36 bits per heavy atom. The van der Waals surface area contributed by atoms with Gasteiger partial charge in [-0.15, -0.1) is 0 Å². The molecule has 1 unspecified atom stereocenters. The van der Waals surface area contributed by atoms with Crippen molar-refractivity contribution in [2.45, 2.75) is 18.9 Å². The van der Waals surface area contributed by atoms with Crippen LogP contribution in [0, 0.1) is 11.3 Å². The first-order valence-corrected chi connectivity index (χ1v) is 4.40. The van der Waals surface area contributed by atoms with Gasteiger partial charge in [-0.1, -0.05) is 0 Å². The zero-order valence-corrected chi connectivity index (χ0v) is 7.72. The van der Waals surface area contributed by atoms with Gasteiger partial charge < -0.3 is 10.2 Å². The average Bonchev–Trinajstić information content (AvgIpc) is 2.26. The zero-order valence-electron chi connectivity index (χ0n) is 7.72. The highest BCUT2D eigenvalue weighted by Gasteiger charge is 2.03. The summed E-state index contributed by atoms with van der Waals surface area (Å²) >= 11 is 0. The molecule has 0 aliphatic heterocycles. The number of nitriles is 1. The molecular formula is C10H12N2O2. The summed E-state index contributed by atoms with van der Waals surface area (Å²) < 4.78 is 0. The van der Waals surface area contributed by atoms with Gasteiger partial charge in [0.25, 0.3) is 0 Å². The largest absolute Gasteiger partial charge is 0.394 e.